The Balaban J connectivity index is 1.45. The van der Waals surface area contributed by atoms with Gasteiger partial charge in [-0.15, -0.1) is 0 Å². The summed E-state index contributed by atoms with van der Waals surface area (Å²) in [5.41, 5.74) is 13.7. The zero-order valence-electron chi connectivity index (χ0n) is 20.2. The fourth-order valence-corrected chi connectivity index (χ4v) is 8.09. The second kappa shape index (κ2) is 7.55. The van der Waals surface area contributed by atoms with E-state index in [1.54, 1.807) is 22.3 Å². The smallest absolute Gasteiger partial charge is 0.201 e. The van der Waals surface area contributed by atoms with Crippen LogP contribution in [0.15, 0.2) is 48.7 Å². The van der Waals surface area contributed by atoms with Crippen molar-refractivity contribution in [1.29, 1.82) is 0 Å². The molecule has 2 saturated carbocycles. The van der Waals surface area contributed by atoms with Crippen LogP contribution in [0.2, 0.25) is 0 Å². The number of nitrogens with zero attached hydrogens (tertiary/aromatic N) is 1. The number of hydrogen-bond acceptors (Lipinski definition) is 0. The van der Waals surface area contributed by atoms with Gasteiger partial charge in [0.1, 0.15) is 7.05 Å². The first-order valence-electron chi connectivity index (χ1n) is 13.4. The Bertz CT molecular complexity index is 1240. The van der Waals surface area contributed by atoms with E-state index in [1.165, 1.54) is 79.3 Å². The van der Waals surface area contributed by atoms with Crippen LogP contribution in [0.4, 0.5) is 0 Å². The van der Waals surface area contributed by atoms with Crippen LogP contribution in [0.3, 0.4) is 0 Å². The number of aromatic nitrogens is 1. The molecule has 8 bridgehead atoms. The van der Waals surface area contributed by atoms with Crippen LogP contribution in [-0.4, -0.2) is 0 Å². The van der Waals surface area contributed by atoms with E-state index in [9.17, 15) is 0 Å². The largest absolute Gasteiger partial charge is 0.213 e. The molecule has 6 aliphatic carbocycles. The molecule has 1 heteroatoms. The van der Waals surface area contributed by atoms with Gasteiger partial charge in [-0.1, -0.05) is 30.3 Å². The van der Waals surface area contributed by atoms with Gasteiger partial charge in [0.15, 0.2) is 6.20 Å². The highest BCUT2D eigenvalue weighted by Crippen LogP contribution is 2.50. The quantitative estimate of drug-likeness (QED) is 0.251. The van der Waals surface area contributed by atoms with Gasteiger partial charge in [0, 0.05) is 12.1 Å². The minimum absolute atomic E-state index is 0.742. The van der Waals surface area contributed by atoms with E-state index in [1.807, 2.05) is 0 Å². The Labute approximate surface area is 198 Å². The third kappa shape index (κ3) is 3.07. The predicted molar refractivity (Wildman–Crippen MR) is 135 cm³/mol. The molecule has 2 aromatic carbocycles. The summed E-state index contributed by atoms with van der Waals surface area (Å²) in [5, 5.41) is 0. The number of hydrogen-bond donors (Lipinski definition) is 0. The number of pyridine rings is 1. The molecule has 1 heterocycles. The fourth-order valence-electron chi connectivity index (χ4n) is 8.09. The first-order chi connectivity index (χ1) is 16.2. The number of rotatable bonds is 0. The summed E-state index contributed by atoms with van der Waals surface area (Å²) in [5.74, 6) is 3.45. The molecule has 0 radical (unpaired) electrons. The normalized spacial score (nSPS) is 27.2. The van der Waals surface area contributed by atoms with Crippen molar-refractivity contribution in [2.75, 3.05) is 0 Å². The van der Waals surface area contributed by atoms with Crippen LogP contribution in [0.5, 0.6) is 0 Å². The van der Waals surface area contributed by atoms with Crippen molar-refractivity contribution in [2.24, 2.45) is 18.9 Å². The molecule has 0 spiro atoms. The Kier molecular flexibility index (Phi) is 4.58. The van der Waals surface area contributed by atoms with Crippen LogP contribution < -0.4 is 4.57 Å². The van der Waals surface area contributed by atoms with Gasteiger partial charge in [-0.05, 0) is 127 Å². The molecule has 0 N–H and O–H groups in total. The maximum absolute atomic E-state index is 2.55. The topological polar surface area (TPSA) is 3.88 Å². The SMILES string of the molecule is Cc1ccc2c3c1-c1cc(cc[n+]1C)C1CCC(CC1)C1CCC(CC1)c1cccc-2c1C3. The van der Waals surface area contributed by atoms with Gasteiger partial charge in [0.25, 0.3) is 0 Å². The van der Waals surface area contributed by atoms with Crippen molar-refractivity contribution < 1.29 is 4.57 Å². The van der Waals surface area contributed by atoms with Gasteiger partial charge in [-0.2, -0.15) is 0 Å². The molecule has 3 aromatic rings. The maximum atomic E-state index is 2.55. The van der Waals surface area contributed by atoms with E-state index in [-0.39, 0.29) is 0 Å². The zero-order chi connectivity index (χ0) is 22.1. The first-order valence-corrected chi connectivity index (χ1v) is 13.4. The van der Waals surface area contributed by atoms with Crippen molar-refractivity contribution in [3.8, 4) is 22.4 Å². The second-order valence-corrected chi connectivity index (χ2v) is 11.5. The molecule has 9 rings (SSSR count). The van der Waals surface area contributed by atoms with E-state index >= 15 is 0 Å². The molecule has 1 nitrogen and oxygen atoms in total. The van der Waals surface area contributed by atoms with Crippen molar-refractivity contribution in [3.63, 3.8) is 0 Å². The summed E-state index contributed by atoms with van der Waals surface area (Å²) >= 11 is 0. The average Bonchev–Trinajstić information content (AvgIpc) is 3.23. The summed E-state index contributed by atoms with van der Waals surface area (Å²) in [4.78, 5) is 0. The number of benzene rings is 2. The summed E-state index contributed by atoms with van der Waals surface area (Å²) in [6, 6.07) is 16.9. The molecule has 0 amide bonds. The van der Waals surface area contributed by atoms with Crippen LogP contribution in [-0.2, 0) is 13.5 Å². The van der Waals surface area contributed by atoms with Crippen molar-refractivity contribution >= 4 is 0 Å². The molecule has 6 aliphatic rings. The van der Waals surface area contributed by atoms with Gasteiger partial charge >= 0.3 is 0 Å². The van der Waals surface area contributed by atoms with E-state index in [2.05, 4.69) is 67.2 Å². The highest BCUT2D eigenvalue weighted by molar-refractivity contribution is 5.85. The molecule has 168 valence electrons. The Morgan fingerprint density at radius 2 is 1.42 bits per heavy atom. The van der Waals surface area contributed by atoms with Gasteiger partial charge < -0.3 is 0 Å². The Hall–Kier alpha value is -2.41. The summed E-state index contributed by atoms with van der Waals surface area (Å²) < 4.78 is 2.37. The highest BCUT2D eigenvalue weighted by atomic mass is 14.9. The van der Waals surface area contributed by atoms with Crippen LogP contribution in [0.25, 0.3) is 22.4 Å². The summed E-state index contributed by atoms with van der Waals surface area (Å²) in [6.45, 7) is 2.32. The van der Waals surface area contributed by atoms with Gasteiger partial charge in [-0.3, -0.25) is 0 Å². The monoisotopic (exact) mass is 434 g/mol. The third-order valence-electron chi connectivity index (χ3n) is 9.93. The highest BCUT2D eigenvalue weighted by Gasteiger charge is 2.35. The van der Waals surface area contributed by atoms with E-state index in [0.29, 0.717) is 0 Å². The van der Waals surface area contributed by atoms with Crippen molar-refractivity contribution in [3.05, 3.63) is 76.5 Å². The van der Waals surface area contributed by atoms with Crippen LogP contribution in [0, 0.1) is 18.8 Å². The lowest BCUT2D eigenvalue weighted by molar-refractivity contribution is -0.660. The minimum atomic E-state index is 0.742. The third-order valence-corrected chi connectivity index (χ3v) is 9.93. The minimum Gasteiger partial charge on any atom is -0.201 e. The van der Waals surface area contributed by atoms with Gasteiger partial charge in [0.2, 0.25) is 5.69 Å². The molecule has 33 heavy (non-hydrogen) atoms. The van der Waals surface area contributed by atoms with Gasteiger partial charge in [0.05, 0.1) is 5.56 Å². The average molecular weight is 435 g/mol. The second-order valence-electron chi connectivity index (χ2n) is 11.5. The lowest BCUT2D eigenvalue weighted by Crippen LogP contribution is -2.32. The van der Waals surface area contributed by atoms with Crippen LogP contribution >= 0.6 is 0 Å². The first kappa shape index (κ1) is 20.0. The van der Waals surface area contributed by atoms with Crippen LogP contribution in [0.1, 0.15) is 91.0 Å². The Morgan fingerprint density at radius 3 is 2.18 bits per heavy atom. The Morgan fingerprint density at radius 1 is 0.727 bits per heavy atom. The lowest BCUT2D eigenvalue weighted by atomic mass is 9.67. The fraction of sp³-hybridized carbons (Fsp3) is 0.469. The molecule has 0 aliphatic heterocycles. The van der Waals surface area contributed by atoms with E-state index in [0.717, 1.165) is 30.1 Å². The molecule has 2 fully saturated rings. The van der Waals surface area contributed by atoms with E-state index in [4.69, 9.17) is 0 Å². The number of fused-ring (bicyclic) bond motifs is 3. The molecule has 0 atom stereocenters. The molecule has 0 saturated heterocycles. The van der Waals surface area contributed by atoms with Crippen molar-refractivity contribution in [2.45, 2.75) is 76.5 Å². The molecule has 1 aromatic heterocycles. The molecular formula is C32H36N+. The maximum Gasteiger partial charge on any atom is 0.213 e. The molecular weight excluding hydrogens is 398 g/mol. The predicted octanol–water partition coefficient (Wildman–Crippen LogP) is 7.62. The van der Waals surface area contributed by atoms with Crippen molar-refractivity contribution in [1.82, 2.24) is 0 Å². The zero-order valence-corrected chi connectivity index (χ0v) is 20.2. The van der Waals surface area contributed by atoms with Gasteiger partial charge in [-0.25, -0.2) is 4.57 Å². The molecule has 0 unspecified atom stereocenters. The van der Waals surface area contributed by atoms with E-state index < -0.39 is 0 Å². The summed E-state index contributed by atoms with van der Waals surface area (Å²) in [7, 11) is 2.24. The number of aryl methyl sites for hydroxylation is 2. The lowest BCUT2D eigenvalue weighted by Gasteiger charge is -2.38. The summed E-state index contributed by atoms with van der Waals surface area (Å²) in [6.07, 6.45) is 14.8. The standard InChI is InChI=1S/C32H36N/c1-20-6-15-28-27-5-3-4-26-24-13-11-22(12-14-24)21-7-9-23(10-8-21)25-16-17-33(2)31(18-25)32(20)30(28)19-29(26)27/h3-6,15-18,21-24H,7-14,19H2,1-2H3/q+1.